The average Bonchev–Trinajstić information content (AvgIpc) is 3.34. The van der Waals surface area contributed by atoms with Crippen LogP contribution in [0.2, 0.25) is 0 Å². The minimum Gasteiger partial charge on any atom is -0.468 e. The van der Waals surface area contributed by atoms with Crippen LogP contribution in [-0.2, 0) is 32.9 Å². The molecule has 1 saturated carbocycles. The van der Waals surface area contributed by atoms with Crippen molar-refractivity contribution in [3.63, 3.8) is 0 Å². The van der Waals surface area contributed by atoms with Crippen LogP contribution in [0, 0.1) is 11.8 Å². The fourth-order valence-corrected chi connectivity index (χ4v) is 6.60. The molecule has 1 unspecified atom stereocenters. The number of carbonyl (C=O) groups excluding carboxylic acids is 2. The Morgan fingerprint density at radius 2 is 1.65 bits per heavy atom. The van der Waals surface area contributed by atoms with Crippen molar-refractivity contribution in [1.29, 1.82) is 0 Å². The minimum absolute atomic E-state index is 0.106. The molecule has 1 aromatic heterocycles. The molecule has 0 spiro atoms. The quantitative estimate of drug-likeness (QED) is 0.186. The standard InChI is InChI=1S/C23H36F2N5O9P/c1-11(2)9-13(18(31)36-5)28-40(35,29-14(10-12(3)4)19(32)37-6)39-17-16-22(17,34)23(24,25)20(38-16)30-8-7-15(26)27-21(30)33/h7-8,11-14,16-17,20,34H,9-10H2,1-6H3,(H2,26,27,33)(H2,28,29,35)/t13-,14-,16+,17?,20+,22-/m0/s1. The highest BCUT2D eigenvalue weighted by atomic mass is 31.2. The van der Waals surface area contributed by atoms with Crippen LogP contribution < -0.4 is 21.6 Å². The number of alkyl halides is 2. The van der Waals surface area contributed by atoms with Crippen LogP contribution >= 0.6 is 7.67 Å². The van der Waals surface area contributed by atoms with Gasteiger partial charge in [0.25, 0.3) is 0 Å². The molecular weight excluding hydrogens is 559 g/mol. The average molecular weight is 596 g/mol. The lowest BCUT2D eigenvalue weighted by molar-refractivity contribution is -0.194. The van der Waals surface area contributed by atoms with E-state index in [0.717, 1.165) is 26.5 Å². The lowest BCUT2D eigenvalue weighted by atomic mass is 10.1. The maximum atomic E-state index is 15.5. The lowest BCUT2D eigenvalue weighted by Gasteiger charge is -2.31. The Labute approximate surface area is 229 Å². The molecule has 3 rings (SSSR count). The van der Waals surface area contributed by atoms with Gasteiger partial charge in [0, 0.05) is 6.20 Å². The molecule has 0 amide bonds. The van der Waals surface area contributed by atoms with Crippen LogP contribution in [0.15, 0.2) is 17.1 Å². The van der Waals surface area contributed by atoms with E-state index in [9.17, 15) is 24.1 Å². The van der Waals surface area contributed by atoms with Crippen molar-refractivity contribution in [3.05, 3.63) is 22.7 Å². The molecule has 0 aromatic carbocycles. The molecule has 1 aromatic rings. The molecule has 5 N–H and O–H groups in total. The van der Waals surface area contributed by atoms with Crippen LogP contribution in [-0.4, -0.2) is 76.6 Å². The van der Waals surface area contributed by atoms with Crippen molar-refractivity contribution in [2.45, 2.75) is 82.6 Å². The second kappa shape index (κ2) is 11.8. The summed E-state index contributed by atoms with van der Waals surface area (Å²) in [7, 11) is -2.38. The second-order valence-corrected chi connectivity index (χ2v) is 12.5. The molecule has 2 heterocycles. The summed E-state index contributed by atoms with van der Waals surface area (Å²) in [5.74, 6) is -6.17. The summed E-state index contributed by atoms with van der Waals surface area (Å²) in [6.45, 7) is 7.12. The molecule has 6 atom stereocenters. The van der Waals surface area contributed by atoms with Gasteiger partial charge in [-0.3, -0.25) is 23.2 Å². The van der Waals surface area contributed by atoms with Gasteiger partial charge in [-0.25, -0.2) is 15.0 Å². The number of carbonyl (C=O) groups is 2. The topological polar surface area (TPSA) is 193 Å². The summed E-state index contributed by atoms with van der Waals surface area (Å²) < 4.78 is 66.1. The number of halogens is 2. The monoisotopic (exact) mass is 595 g/mol. The second-order valence-electron chi connectivity index (χ2n) is 10.6. The molecule has 17 heteroatoms. The van der Waals surface area contributed by atoms with Gasteiger partial charge in [-0.2, -0.15) is 13.8 Å². The van der Waals surface area contributed by atoms with Gasteiger partial charge >= 0.3 is 31.2 Å². The zero-order valence-electron chi connectivity index (χ0n) is 23.0. The maximum absolute atomic E-state index is 15.5. The van der Waals surface area contributed by atoms with Gasteiger partial charge in [-0.15, -0.1) is 0 Å². The number of hydrogen-bond donors (Lipinski definition) is 4. The number of esters is 2. The smallest absolute Gasteiger partial charge is 0.351 e. The van der Waals surface area contributed by atoms with Gasteiger partial charge in [0.2, 0.25) is 6.23 Å². The van der Waals surface area contributed by atoms with E-state index < -0.39 is 67.3 Å². The first-order chi connectivity index (χ1) is 18.5. The van der Waals surface area contributed by atoms with Crippen molar-refractivity contribution < 1.29 is 46.8 Å². The van der Waals surface area contributed by atoms with Crippen molar-refractivity contribution in [1.82, 2.24) is 19.7 Å². The van der Waals surface area contributed by atoms with Gasteiger partial charge in [0.1, 0.15) is 30.1 Å². The molecule has 14 nitrogen and oxygen atoms in total. The van der Waals surface area contributed by atoms with Crippen LogP contribution in [0.4, 0.5) is 14.6 Å². The SMILES string of the molecule is COC(=O)[C@H](CC(C)C)NP(=O)(N[C@@H](CC(C)C)C(=O)OC)OC1[C@H]2O[C@@H](n3ccc(N)nc3=O)C(F)(F)[C@@]12O. The Bertz CT molecular complexity index is 1180. The Balaban J connectivity index is 1.93. The van der Waals surface area contributed by atoms with E-state index in [1.54, 1.807) is 27.7 Å². The summed E-state index contributed by atoms with van der Waals surface area (Å²) >= 11 is 0. The largest absolute Gasteiger partial charge is 0.468 e. The molecule has 0 bridgehead atoms. The number of methoxy groups -OCH3 is 2. The van der Waals surface area contributed by atoms with Crippen molar-refractivity contribution in [2.75, 3.05) is 20.0 Å². The number of rotatable bonds is 13. The van der Waals surface area contributed by atoms with Gasteiger partial charge in [-0.05, 0) is 30.7 Å². The van der Waals surface area contributed by atoms with E-state index in [1.165, 1.54) is 0 Å². The normalized spacial score (nSPS) is 26.8. The van der Waals surface area contributed by atoms with E-state index in [1.807, 2.05) is 0 Å². The van der Waals surface area contributed by atoms with E-state index >= 15 is 8.78 Å². The molecule has 40 heavy (non-hydrogen) atoms. The van der Waals surface area contributed by atoms with Gasteiger partial charge in [0.15, 0.2) is 5.60 Å². The summed E-state index contributed by atoms with van der Waals surface area (Å²) in [6.07, 6.45) is -4.70. The molecule has 2 aliphatic rings. The number of fused-ring (bicyclic) bond motifs is 1. The summed E-state index contributed by atoms with van der Waals surface area (Å²) in [4.78, 5) is 40.5. The van der Waals surface area contributed by atoms with Gasteiger partial charge in [0.05, 0.1) is 14.2 Å². The van der Waals surface area contributed by atoms with E-state index in [2.05, 4.69) is 15.2 Å². The predicted molar refractivity (Wildman–Crippen MR) is 136 cm³/mol. The lowest BCUT2D eigenvalue weighted by Crippen LogP contribution is -2.48. The Morgan fingerprint density at radius 1 is 1.15 bits per heavy atom. The highest BCUT2D eigenvalue weighted by Crippen LogP contribution is 2.66. The summed E-state index contributed by atoms with van der Waals surface area (Å²) in [5, 5.41) is 16.0. The Hall–Kier alpha value is -2.49. The predicted octanol–water partition coefficient (Wildman–Crippen LogP) is 0.951. The first kappa shape index (κ1) is 32.0. The first-order valence-electron chi connectivity index (χ1n) is 12.6. The molecular formula is C23H36F2N5O9P. The highest BCUT2D eigenvalue weighted by Gasteiger charge is 2.88. The third-order valence-corrected chi connectivity index (χ3v) is 8.38. The van der Waals surface area contributed by atoms with E-state index in [0.29, 0.717) is 4.57 Å². The van der Waals surface area contributed by atoms with Crippen molar-refractivity contribution >= 4 is 25.4 Å². The van der Waals surface area contributed by atoms with Crippen molar-refractivity contribution in [2.24, 2.45) is 11.8 Å². The fourth-order valence-electron chi connectivity index (χ4n) is 4.57. The Morgan fingerprint density at radius 3 is 2.02 bits per heavy atom. The molecule has 226 valence electrons. The van der Waals surface area contributed by atoms with Crippen LogP contribution in [0.1, 0.15) is 46.8 Å². The Kier molecular flexibility index (Phi) is 9.43. The number of nitrogens with one attached hydrogen (secondary N) is 2. The zero-order valence-corrected chi connectivity index (χ0v) is 23.9. The van der Waals surface area contributed by atoms with Crippen molar-refractivity contribution in [3.8, 4) is 0 Å². The summed E-state index contributed by atoms with van der Waals surface area (Å²) in [5.41, 5.74) is 1.28. The summed E-state index contributed by atoms with van der Waals surface area (Å²) in [6, 6.07) is -1.36. The van der Waals surface area contributed by atoms with Gasteiger partial charge < -0.3 is 25.1 Å². The first-order valence-corrected chi connectivity index (χ1v) is 14.2. The highest BCUT2D eigenvalue weighted by molar-refractivity contribution is 7.54. The number of nitrogens with zero attached hydrogens (tertiary/aromatic N) is 2. The van der Waals surface area contributed by atoms with Gasteiger partial charge in [-0.1, -0.05) is 27.7 Å². The van der Waals surface area contributed by atoms with E-state index in [-0.39, 0.29) is 30.5 Å². The van der Waals surface area contributed by atoms with Crippen LogP contribution in [0.3, 0.4) is 0 Å². The minimum atomic E-state index is -4.60. The number of ether oxygens (including phenoxy) is 3. The molecule has 1 saturated heterocycles. The zero-order chi connectivity index (χ0) is 30.2. The number of anilines is 1. The molecule has 0 radical (unpaired) electrons. The number of hydrogen-bond acceptors (Lipinski definition) is 11. The van der Waals surface area contributed by atoms with Crippen LogP contribution in [0.25, 0.3) is 0 Å². The maximum Gasteiger partial charge on any atom is 0.351 e. The number of aromatic nitrogens is 2. The fraction of sp³-hybridized carbons (Fsp3) is 0.739. The van der Waals surface area contributed by atoms with E-state index in [4.69, 9.17) is 24.5 Å². The number of aliphatic hydroxyl groups is 1. The van der Waals surface area contributed by atoms with Crippen LogP contribution in [0.5, 0.6) is 0 Å². The third kappa shape index (κ3) is 6.21. The number of nitrogen functional groups attached to an aromatic ring is 1. The molecule has 1 aliphatic carbocycles. The molecule has 2 fully saturated rings. The molecule has 1 aliphatic heterocycles. The number of nitrogens with two attached hydrogens (primary N) is 1. The third-order valence-electron chi connectivity index (χ3n) is 6.56.